The number of aryl methyl sites for hydroxylation is 1. The van der Waals surface area contributed by atoms with Crippen molar-refractivity contribution in [2.24, 2.45) is 0 Å². The highest BCUT2D eigenvalue weighted by Gasteiger charge is 2.18. The zero-order chi connectivity index (χ0) is 20.5. The van der Waals surface area contributed by atoms with Crippen LogP contribution in [-0.2, 0) is 11.3 Å². The van der Waals surface area contributed by atoms with Crippen LogP contribution in [0, 0.1) is 18.6 Å². The fourth-order valence-corrected chi connectivity index (χ4v) is 3.09. The van der Waals surface area contributed by atoms with Gasteiger partial charge in [-0.05, 0) is 43.3 Å². The van der Waals surface area contributed by atoms with Gasteiger partial charge in [-0.25, -0.2) is 18.4 Å². The lowest BCUT2D eigenvalue weighted by Gasteiger charge is -2.13. The molecular formula is C21H16F2N4O2. The van der Waals surface area contributed by atoms with Crippen LogP contribution < -0.4 is 10.9 Å². The van der Waals surface area contributed by atoms with Crippen LogP contribution in [0.5, 0.6) is 0 Å². The molecule has 1 amide bonds. The Morgan fingerprint density at radius 3 is 2.59 bits per heavy atom. The van der Waals surface area contributed by atoms with Crippen LogP contribution in [0.2, 0.25) is 0 Å². The van der Waals surface area contributed by atoms with Crippen LogP contribution in [0.4, 0.5) is 14.5 Å². The van der Waals surface area contributed by atoms with Gasteiger partial charge in [-0.1, -0.05) is 17.7 Å². The van der Waals surface area contributed by atoms with E-state index in [1.807, 2.05) is 19.1 Å². The van der Waals surface area contributed by atoms with Crippen LogP contribution in [0.3, 0.4) is 0 Å². The molecule has 6 nitrogen and oxygen atoms in total. The molecule has 0 aliphatic carbocycles. The summed E-state index contributed by atoms with van der Waals surface area (Å²) in [6.45, 7) is 1.63. The molecule has 0 bridgehead atoms. The third-order valence-electron chi connectivity index (χ3n) is 4.47. The van der Waals surface area contributed by atoms with Gasteiger partial charge in [0.1, 0.15) is 18.2 Å². The first-order chi connectivity index (χ1) is 13.9. The maximum Gasteiger partial charge on any atom is 0.280 e. The van der Waals surface area contributed by atoms with Crippen LogP contribution in [0.25, 0.3) is 16.7 Å². The largest absolute Gasteiger partial charge is 0.322 e. The molecule has 146 valence electrons. The van der Waals surface area contributed by atoms with Gasteiger partial charge in [0, 0.05) is 12.3 Å². The number of aromatic nitrogens is 3. The number of pyridine rings is 1. The van der Waals surface area contributed by atoms with Gasteiger partial charge in [-0.3, -0.25) is 14.3 Å². The Balaban J connectivity index is 1.76. The van der Waals surface area contributed by atoms with E-state index in [-0.39, 0.29) is 17.8 Å². The number of halogens is 2. The maximum absolute atomic E-state index is 13.9. The highest BCUT2D eigenvalue weighted by atomic mass is 19.1. The first kappa shape index (κ1) is 18.5. The third-order valence-corrected chi connectivity index (χ3v) is 4.47. The van der Waals surface area contributed by atoms with E-state index in [1.165, 1.54) is 15.6 Å². The van der Waals surface area contributed by atoms with E-state index >= 15 is 0 Å². The molecule has 0 atom stereocenters. The smallest absolute Gasteiger partial charge is 0.280 e. The molecule has 4 aromatic rings. The number of nitrogens with one attached hydrogen (secondary N) is 1. The van der Waals surface area contributed by atoms with Gasteiger partial charge in [-0.15, -0.1) is 0 Å². The van der Waals surface area contributed by atoms with E-state index in [4.69, 9.17) is 0 Å². The lowest BCUT2D eigenvalue weighted by Crippen LogP contribution is -2.27. The summed E-state index contributed by atoms with van der Waals surface area (Å²) >= 11 is 0. The van der Waals surface area contributed by atoms with E-state index in [9.17, 15) is 18.4 Å². The molecule has 0 aliphatic rings. The monoisotopic (exact) mass is 394 g/mol. The van der Waals surface area contributed by atoms with Crippen molar-refractivity contribution in [1.29, 1.82) is 0 Å². The van der Waals surface area contributed by atoms with Gasteiger partial charge in [-0.2, -0.15) is 0 Å². The van der Waals surface area contributed by atoms with Crippen LogP contribution in [0.15, 0.2) is 65.6 Å². The first-order valence-corrected chi connectivity index (χ1v) is 8.82. The summed E-state index contributed by atoms with van der Waals surface area (Å²) in [5.41, 5.74) is 1.45. The minimum atomic E-state index is -0.884. The Morgan fingerprint density at radius 1 is 1.10 bits per heavy atom. The van der Waals surface area contributed by atoms with Gasteiger partial charge < -0.3 is 5.32 Å². The molecule has 4 rings (SSSR count). The third kappa shape index (κ3) is 3.52. The zero-order valence-corrected chi connectivity index (χ0v) is 15.4. The Labute approximate surface area is 164 Å². The van der Waals surface area contributed by atoms with E-state index in [0.29, 0.717) is 22.8 Å². The van der Waals surface area contributed by atoms with Crippen molar-refractivity contribution in [1.82, 2.24) is 14.3 Å². The Morgan fingerprint density at radius 2 is 1.86 bits per heavy atom. The van der Waals surface area contributed by atoms with Crippen LogP contribution in [-0.4, -0.2) is 20.3 Å². The van der Waals surface area contributed by atoms with Crippen molar-refractivity contribution in [3.05, 3.63) is 88.3 Å². The van der Waals surface area contributed by atoms with Gasteiger partial charge in [0.15, 0.2) is 5.65 Å². The van der Waals surface area contributed by atoms with Crippen molar-refractivity contribution >= 4 is 22.6 Å². The van der Waals surface area contributed by atoms with Gasteiger partial charge in [0.2, 0.25) is 5.91 Å². The highest BCUT2D eigenvalue weighted by Crippen LogP contribution is 2.17. The predicted octanol–water partition coefficient (Wildman–Crippen LogP) is 3.41. The molecule has 0 spiro atoms. The van der Waals surface area contributed by atoms with E-state index in [1.54, 1.807) is 24.3 Å². The number of anilines is 1. The molecule has 0 fully saturated rings. The number of hydrogen-bond acceptors (Lipinski definition) is 3. The van der Waals surface area contributed by atoms with Crippen molar-refractivity contribution in [2.45, 2.75) is 13.5 Å². The van der Waals surface area contributed by atoms with E-state index < -0.39 is 17.5 Å². The number of nitrogens with zero attached hydrogens (tertiary/aromatic N) is 3. The topological polar surface area (TPSA) is 68.9 Å². The minimum Gasteiger partial charge on any atom is -0.322 e. The van der Waals surface area contributed by atoms with Crippen molar-refractivity contribution < 1.29 is 13.6 Å². The molecule has 0 radical (unpaired) electrons. The van der Waals surface area contributed by atoms with E-state index in [0.717, 1.165) is 17.7 Å². The Kier molecular flexibility index (Phi) is 4.67. The summed E-state index contributed by atoms with van der Waals surface area (Å²) in [7, 11) is 0. The number of amides is 1. The molecule has 29 heavy (non-hydrogen) atoms. The number of hydrogen-bond donors (Lipinski definition) is 1. The molecule has 0 aliphatic heterocycles. The second kappa shape index (κ2) is 7.31. The number of fused-ring (bicyclic) bond motifs is 1. The van der Waals surface area contributed by atoms with Gasteiger partial charge >= 0.3 is 0 Å². The molecule has 8 heteroatoms. The quantitative estimate of drug-likeness (QED) is 0.577. The number of rotatable bonds is 4. The van der Waals surface area contributed by atoms with Crippen molar-refractivity contribution in [3.63, 3.8) is 0 Å². The zero-order valence-electron chi connectivity index (χ0n) is 15.4. The van der Waals surface area contributed by atoms with E-state index in [2.05, 4.69) is 10.3 Å². The second-order valence-corrected chi connectivity index (χ2v) is 6.56. The Bertz CT molecular complexity index is 1280. The van der Waals surface area contributed by atoms with Crippen LogP contribution >= 0.6 is 0 Å². The predicted molar refractivity (Wildman–Crippen MR) is 105 cm³/mol. The van der Waals surface area contributed by atoms with Crippen molar-refractivity contribution in [3.8, 4) is 5.69 Å². The fraction of sp³-hybridized carbons (Fsp3) is 0.0952. The minimum absolute atomic E-state index is 0.148. The summed E-state index contributed by atoms with van der Waals surface area (Å²) in [5.74, 6) is -2.21. The van der Waals surface area contributed by atoms with Gasteiger partial charge in [0.25, 0.3) is 5.56 Å². The SMILES string of the molecule is Cc1ccc(-n2c(=O)c3cccnc3n2CC(=O)Nc2ccc(F)cc2F)cc1. The molecule has 0 saturated heterocycles. The first-order valence-electron chi connectivity index (χ1n) is 8.82. The normalized spacial score (nSPS) is 11.0. The molecule has 1 N–H and O–H groups in total. The number of carbonyl (C=O) groups excluding carboxylic acids is 1. The lowest BCUT2D eigenvalue weighted by molar-refractivity contribution is -0.117. The average molecular weight is 394 g/mol. The fourth-order valence-electron chi connectivity index (χ4n) is 3.09. The number of carbonyl (C=O) groups is 1. The highest BCUT2D eigenvalue weighted by molar-refractivity contribution is 5.91. The maximum atomic E-state index is 13.9. The van der Waals surface area contributed by atoms with Crippen LogP contribution in [0.1, 0.15) is 5.56 Å². The second-order valence-electron chi connectivity index (χ2n) is 6.56. The van der Waals surface area contributed by atoms with Gasteiger partial charge in [0.05, 0.1) is 16.8 Å². The van der Waals surface area contributed by atoms with Crippen molar-refractivity contribution in [2.75, 3.05) is 5.32 Å². The molecule has 0 saturated carbocycles. The Hall–Kier alpha value is -3.81. The summed E-state index contributed by atoms with van der Waals surface area (Å²) in [6.07, 6.45) is 1.52. The molecular weight excluding hydrogens is 378 g/mol. The summed E-state index contributed by atoms with van der Waals surface area (Å²) in [5, 5.41) is 2.76. The summed E-state index contributed by atoms with van der Waals surface area (Å²) in [4.78, 5) is 29.7. The standard InChI is InChI=1S/C21H16F2N4O2/c1-13-4-7-15(8-5-13)27-21(29)16-3-2-10-24-20(16)26(27)12-19(28)25-18-9-6-14(22)11-17(18)23/h2-11H,12H2,1H3,(H,25,28). The average Bonchev–Trinajstić information content (AvgIpc) is 2.97. The number of benzene rings is 2. The summed E-state index contributed by atoms with van der Waals surface area (Å²) in [6, 6.07) is 13.4. The molecule has 2 aromatic carbocycles. The lowest BCUT2D eigenvalue weighted by atomic mass is 10.2. The molecule has 0 unspecified atom stereocenters. The molecule has 2 heterocycles. The summed E-state index contributed by atoms with van der Waals surface area (Å²) < 4.78 is 29.7. The molecule has 2 aromatic heterocycles.